The third-order valence-electron chi connectivity index (χ3n) is 4.25. The molecule has 0 radical (unpaired) electrons. The monoisotopic (exact) mass is 332 g/mol. The molecule has 3 rings (SSSR count). The summed E-state index contributed by atoms with van der Waals surface area (Å²) in [5.41, 5.74) is 0.803. The number of nitrogens with zero attached hydrogens (tertiary/aromatic N) is 5. The fourth-order valence-electron chi connectivity index (χ4n) is 2.89. The van der Waals surface area contributed by atoms with Crippen LogP contribution in [0.5, 0.6) is 0 Å². The molecule has 1 aliphatic rings. The third-order valence-corrected chi connectivity index (χ3v) is 4.25. The number of aryl methyl sites for hydroxylation is 1. The largest absolute Gasteiger partial charge is 0.383 e. The van der Waals surface area contributed by atoms with E-state index < -0.39 is 0 Å². The van der Waals surface area contributed by atoms with E-state index in [-0.39, 0.29) is 17.9 Å². The molecular weight excluding hydrogens is 308 g/mol. The molecular formula is C16H24N6O2. The fourth-order valence-corrected chi connectivity index (χ4v) is 2.89. The molecule has 8 nitrogen and oxygen atoms in total. The summed E-state index contributed by atoms with van der Waals surface area (Å²) in [6.45, 7) is 5.96. The highest BCUT2D eigenvalue weighted by atomic mass is 16.5. The molecule has 0 aromatic carbocycles. The van der Waals surface area contributed by atoms with Gasteiger partial charge in [0.15, 0.2) is 5.65 Å². The summed E-state index contributed by atoms with van der Waals surface area (Å²) in [6, 6.07) is 0.0349. The third kappa shape index (κ3) is 3.19. The van der Waals surface area contributed by atoms with Crippen molar-refractivity contribution in [3.05, 3.63) is 12.0 Å². The molecule has 0 spiro atoms. The predicted molar refractivity (Wildman–Crippen MR) is 90.9 cm³/mol. The van der Waals surface area contributed by atoms with Crippen LogP contribution in [0.15, 0.2) is 6.20 Å². The molecule has 0 unspecified atom stereocenters. The van der Waals surface area contributed by atoms with Gasteiger partial charge in [-0.25, -0.2) is 9.97 Å². The van der Waals surface area contributed by atoms with Gasteiger partial charge in [-0.3, -0.25) is 9.48 Å². The number of rotatable bonds is 6. The number of anilines is 1. The minimum atomic E-state index is 0.0349. The maximum atomic E-state index is 12.1. The second kappa shape index (κ2) is 6.72. The normalized spacial score (nSPS) is 18.1. The van der Waals surface area contributed by atoms with Crippen LogP contribution in [-0.2, 0) is 16.6 Å². The Hall–Kier alpha value is -2.22. The van der Waals surface area contributed by atoms with Gasteiger partial charge >= 0.3 is 0 Å². The van der Waals surface area contributed by atoms with E-state index in [1.807, 2.05) is 11.9 Å². The first kappa shape index (κ1) is 16.6. The van der Waals surface area contributed by atoms with Crippen molar-refractivity contribution in [2.24, 2.45) is 7.05 Å². The number of methoxy groups -OCH3 is 1. The van der Waals surface area contributed by atoms with E-state index in [0.29, 0.717) is 26.1 Å². The van der Waals surface area contributed by atoms with E-state index in [2.05, 4.69) is 34.2 Å². The zero-order valence-corrected chi connectivity index (χ0v) is 14.6. The summed E-state index contributed by atoms with van der Waals surface area (Å²) >= 11 is 0. The summed E-state index contributed by atoms with van der Waals surface area (Å²) in [7, 11) is 3.51. The highest BCUT2D eigenvalue weighted by Gasteiger charge is 2.30. The Bertz CT molecular complexity index is 741. The van der Waals surface area contributed by atoms with Gasteiger partial charge in [-0.15, -0.1) is 0 Å². The lowest BCUT2D eigenvalue weighted by Gasteiger charge is -2.17. The van der Waals surface area contributed by atoms with Crippen molar-refractivity contribution in [1.29, 1.82) is 0 Å². The fraction of sp³-hybridized carbons (Fsp3) is 0.625. The van der Waals surface area contributed by atoms with E-state index in [9.17, 15) is 4.79 Å². The van der Waals surface area contributed by atoms with Crippen molar-refractivity contribution in [2.75, 3.05) is 32.1 Å². The number of nitrogens with one attached hydrogen (secondary N) is 1. The molecule has 2 aromatic heterocycles. The minimum Gasteiger partial charge on any atom is -0.383 e. The Labute approximate surface area is 141 Å². The molecule has 1 N–H and O–H groups in total. The molecule has 2 aromatic rings. The quantitative estimate of drug-likeness (QED) is 0.854. The van der Waals surface area contributed by atoms with E-state index in [4.69, 9.17) is 4.74 Å². The lowest BCUT2D eigenvalue weighted by molar-refractivity contribution is -0.128. The van der Waals surface area contributed by atoms with Crippen molar-refractivity contribution >= 4 is 22.8 Å². The molecule has 3 heterocycles. The van der Waals surface area contributed by atoms with E-state index in [0.717, 1.165) is 22.7 Å². The minimum absolute atomic E-state index is 0.0349. The van der Waals surface area contributed by atoms with Crippen molar-refractivity contribution in [2.45, 2.75) is 32.2 Å². The SMILES string of the molecule is COCCN1C[C@@H](Nc2nc(C(C)C)nc3c2cnn3C)CC1=O. The number of carbonyl (C=O) groups excluding carboxylic acids is 1. The Morgan fingerprint density at radius 1 is 1.42 bits per heavy atom. The Balaban J connectivity index is 1.83. The van der Waals surface area contributed by atoms with Crippen LogP contribution < -0.4 is 5.32 Å². The van der Waals surface area contributed by atoms with Gasteiger partial charge in [0, 0.05) is 39.6 Å². The zero-order chi connectivity index (χ0) is 17.3. The first-order chi connectivity index (χ1) is 11.5. The molecule has 0 aliphatic carbocycles. The highest BCUT2D eigenvalue weighted by Crippen LogP contribution is 2.25. The lowest BCUT2D eigenvalue weighted by Crippen LogP contribution is -2.31. The Morgan fingerprint density at radius 2 is 2.21 bits per heavy atom. The summed E-state index contributed by atoms with van der Waals surface area (Å²) < 4.78 is 6.81. The lowest BCUT2D eigenvalue weighted by atomic mass is 10.2. The molecule has 1 saturated heterocycles. The van der Waals surface area contributed by atoms with Gasteiger partial charge in [0.05, 0.1) is 24.2 Å². The number of likely N-dealkylation sites (tertiary alicyclic amines) is 1. The molecule has 1 atom stereocenters. The molecule has 0 bridgehead atoms. The van der Waals surface area contributed by atoms with E-state index in [1.54, 1.807) is 18.0 Å². The van der Waals surface area contributed by atoms with Crippen LogP contribution in [-0.4, -0.2) is 63.4 Å². The number of hydrogen-bond donors (Lipinski definition) is 1. The molecule has 1 aliphatic heterocycles. The first-order valence-corrected chi connectivity index (χ1v) is 8.22. The van der Waals surface area contributed by atoms with Crippen LogP contribution in [0.3, 0.4) is 0 Å². The molecule has 0 saturated carbocycles. The van der Waals surface area contributed by atoms with Gasteiger partial charge in [0.1, 0.15) is 11.6 Å². The zero-order valence-electron chi connectivity index (χ0n) is 14.6. The number of amides is 1. The molecule has 1 fully saturated rings. The van der Waals surface area contributed by atoms with Crippen LogP contribution in [0.4, 0.5) is 5.82 Å². The topological polar surface area (TPSA) is 85.2 Å². The predicted octanol–water partition coefficient (Wildman–Crippen LogP) is 1.15. The summed E-state index contributed by atoms with van der Waals surface area (Å²) in [4.78, 5) is 23.2. The molecule has 8 heteroatoms. The van der Waals surface area contributed by atoms with Gasteiger partial charge in [-0.2, -0.15) is 5.10 Å². The molecule has 1 amide bonds. The van der Waals surface area contributed by atoms with Crippen LogP contribution in [0.1, 0.15) is 32.0 Å². The van der Waals surface area contributed by atoms with E-state index in [1.165, 1.54) is 0 Å². The van der Waals surface area contributed by atoms with Gasteiger partial charge in [-0.05, 0) is 0 Å². The number of ether oxygens (including phenoxy) is 1. The van der Waals surface area contributed by atoms with Crippen molar-refractivity contribution < 1.29 is 9.53 Å². The van der Waals surface area contributed by atoms with Crippen LogP contribution in [0.2, 0.25) is 0 Å². The Morgan fingerprint density at radius 3 is 2.92 bits per heavy atom. The van der Waals surface area contributed by atoms with Gasteiger partial charge in [-0.1, -0.05) is 13.8 Å². The standard InChI is InChI=1S/C16H24N6O2/c1-10(2)14-19-15(12-8-17-21(3)16(12)20-14)18-11-7-13(23)22(9-11)5-6-24-4/h8,10-11H,5-7,9H2,1-4H3,(H,18,19,20)/t11-/m0/s1. The number of fused-ring (bicyclic) bond motifs is 1. The summed E-state index contributed by atoms with van der Waals surface area (Å²) in [6.07, 6.45) is 2.23. The van der Waals surface area contributed by atoms with Crippen molar-refractivity contribution in [3.8, 4) is 0 Å². The number of hydrogen-bond acceptors (Lipinski definition) is 6. The van der Waals surface area contributed by atoms with Gasteiger partial charge in [0.2, 0.25) is 5.91 Å². The van der Waals surface area contributed by atoms with E-state index >= 15 is 0 Å². The van der Waals surface area contributed by atoms with Crippen LogP contribution in [0, 0.1) is 0 Å². The van der Waals surface area contributed by atoms with Gasteiger partial charge in [0.25, 0.3) is 0 Å². The van der Waals surface area contributed by atoms with Gasteiger partial charge < -0.3 is 15.0 Å². The van der Waals surface area contributed by atoms with Crippen molar-refractivity contribution in [3.63, 3.8) is 0 Å². The Kier molecular flexibility index (Phi) is 4.66. The number of carbonyl (C=O) groups is 1. The second-order valence-corrected chi connectivity index (χ2v) is 6.47. The van der Waals surface area contributed by atoms with Crippen molar-refractivity contribution in [1.82, 2.24) is 24.6 Å². The summed E-state index contributed by atoms with van der Waals surface area (Å²) in [5, 5.41) is 8.58. The van der Waals surface area contributed by atoms with Crippen LogP contribution in [0.25, 0.3) is 11.0 Å². The summed E-state index contributed by atoms with van der Waals surface area (Å²) in [5.74, 6) is 1.88. The maximum absolute atomic E-state index is 12.1. The second-order valence-electron chi connectivity index (χ2n) is 6.47. The highest BCUT2D eigenvalue weighted by molar-refractivity contribution is 5.87. The van der Waals surface area contributed by atoms with Crippen LogP contribution >= 0.6 is 0 Å². The molecule has 24 heavy (non-hydrogen) atoms. The molecule has 130 valence electrons. The maximum Gasteiger partial charge on any atom is 0.224 e. The smallest absolute Gasteiger partial charge is 0.224 e. The number of aromatic nitrogens is 4. The first-order valence-electron chi connectivity index (χ1n) is 8.22. The average molecular weight is 332 g/mol. The average Bonchev–Trinajstić information content (AvgIpc) is 3.08.